The molecule has 0 spiro atoms. The van der Waals surface area contributed by atoms with Crippen LogP contribution in [-0.4, -0.2) is 43.2 Å². The van der Waals surface area contributed by atoms with E-state index in [0.717, 1.165) is 11.1 Å². The molecule has 34 heavy (non-hydrogen) atoms. The van der Waals surface area contributed by atoms with E-state index in [1.54, 1.807) is 51.3 Å². The van der Waals surface area contributed by atoms with Crippen molar-refractivity contribution in [3.63, 3.8) is 0 Å². The maximum absolute atomic E-state index is 13.0. The van der Waals surface area contributed by atoms with Crippen LogP contribution < -0.4 is 14.8 Å². The Morgan fingerprint density at radius 2 is 1.56 bits per heavy atom. The summed E-state index contributed by atoms with van der Waals surface area (Å²) in [5.41, 5.74) is 1.78. The number of rotatable bonds is 11. The van der Waals surface area contributed by atoms with Gasteiger partial charge in [0.25, 0.3) is 0 Å². The van der Waals surface area contributed by atoms with Crippen LogP contribution in [0.15, 0.2) is 35.2 Å². The number of carboxylic acid groups (broad SMARTS) is 2. The van der Waals surface area contributed by atoms with Crippen LogP contribution in [0.2, 0.25) is 0 Å². The fourth-order valence-electron chi connectivity index (χ4n) is 3.62. The van der Waals surface area contributed by atoms with Crippen LogP contribution in [0.4, 0.5) is 0 Å². The first kappa shape index (κ1) is 27.3. The first-order chi connectivity index (χ1) is 15.7. The van der Waals surface area contributed by atoms with Gasteiger partial charge in [-0.2, -0.15) is 0 Å². The molecule has 0 heterocycles. The molecule has 1 unspecified atom stereocenters. The van der Waals surface area contributed by atoms with Gasteiger partial charge in [-0.1, -0.05) is 24.3 Å². The molecule has 4 N–H and O–H groups in total. The summed E-state index contributed by atoms with van der Waals surface area (Å²) in [6.45, 7) is 8.16. The number of aryl methyl sites for hydroxylation is 1. The standard InChI is InChI=1S/C24H32N2O7S/c1-14-11-20(33-6)15(2)16(3)21(14)34(31,32)26-13-19-9-7-18(8-10-19)12-25-24(5,23(29)30)17(4)22(27)28/h7-11,17,25-26H,12-13H2,1-6H3,(H,27,28)(H,29,30)/t17?,24-/m0/s1. The van der Waals surface area contributed by atoms with Gasteiger partial charge in [0, 0.05) is 13.1 Å². The highest BCUT2D eigenvalue weighted by molar-refractivity contribution is 7.89. The van der Waals surface area contributed by atoms with E-state index in [4.69, 9.17) is 4.74 Å². The van der Waals surface area contributed by atoms with Gasteiger partial charge in [0.05, 0.1) is 17.9 Å². The average Bonchev–Trinajstić information content (AvgIpc) is 2.78. The third-order valence-corrected chi connectivity index (χ3v) is 7.99. The third kappa shape index (κ3) is 5.75. The van der Waals surface area contributed by atoms with Crippen LogP contribution in [0, 0.1) is 26.7 Å². The zero-order valence-corrected chi connectivity index (χ0v) is 21.0. The molecule has 9 nitrogen and oxygen atoms in total. The van der Waals surface area contributed by atoms with E-state index in [0.29, 0.717) is 22.4 Å². The van der Waals surface area contributed by atoms with Crippen molar-refractivity contribution in [3.8, 4) is 5.75 Å². The highest BCUT2D eigenvalue weighted by Crippen LogP contribution is 2.30. The fraction of sp³-hybridized carbons (Fsp3) is 0.417. The molecule has 0 bridgehead atoms. The molecule has 0 saturated carbocycles. The molecule has 2 rings (SSSR count). The lowest BCUT2D eigenvalue weighted by atomic mass is 9.86. The summed E-state index contributed by atoms with van der Waals surface area (Å²) in [5, 5.41) is 21.5. The summed E-state index contributed by atoms with van der Waals surface area (Å²) in [6.07, 6.45) is 0. The molecule has 0 aromatic heterocycles. The van der Waals surface area contributed by atoms with Crippen molar-refractivity contribution in [3.05, 3.63) is 58.1 Å². The maximum atomic E-state index is 13.0. The molecule has 0 aliphatic carbocycles. The molecule has 10 heteroatoms. The zero-order valence-electron chi connectivity index (χ0n) is 20.2. The Hall–Kier alpha value is -2.95. The van der Waals surface area contributed by atoms with Crippen LogP contribution in [0.5, 0.6) is 5.75 Å². The van der Waals surface area contributed by atoms with Crippen LogP contribution in [0.25, 0.3) is 0 Å². The minimum Gasteiger partial charge on any atom is -0.496 e. The van der Waals surface area contributed by atoms with Crippen molar-refractivity contribution < 1.29 is 33.0 Å². The minimum absolute atomic E-state index is 0.0723. The van der Waals surface area contributed by atoms with Gasteiger partial charge in [0.15, 0.2) is 0 Å². The van der Waals surface area contributed by atoms with E-state index < -0.39 is 33.4 Å². The Labute approximate surface area is 200 Å². The SMILES string of the molecule is COc1cc(C)c(S(=O)(=O)NCc2ccc(CN[C@](C)(C(=O)O)C(C)C(=O)O)cc2)c(C)c1C. The first-order valence-corrected chi connectivity index (χ1v) is 12.2. The number of carbonyl (C=O) groups is 2. The van der Waals surface area contributed by atoms with E-state index in [2.05, 4.69) is 10.0 Å². The van der Waals surface area contributed by atoms with Crippen molar-refractivity contribution in [2.24, 2.45) is 5.92 Å². The highest BCUT2D eigenvalue weighted by atomic mass is 32.2. The van der Waals surface area contributed by atoms with Crippen molar-refractivity contribution in [1.82, 2.24) is 10.0 Å². The Kier molecular flexibility index (Phi) is 8.46. The van der Waals surface area contributed by atoms with Gasteiger partial charge in [-0.05, 0) is 68.5 Å². The second-order valence-corrected chi connectivity index (χ2v) is 10.2. The molecule has 0 radical (unpaired) electrons. The largest absolute Gasteiger partial charge is 0.496 e. The Balaban J connectivity index is 2.12. The number of ether oxygens (including phenoxy) is 1. The van der Waals surface area contributed by atoms with Gasteiger partial charge >= 0.3 is 11.9 Å². The van der Waals surface area contributed by atoms with E-state index >= 15 is 0 Å². The Bertz CT molecular complexity index is 1180. The van der Waals surface area contributed by atoms with Crippen molar-refractivity contribution in [1.29, 1.82) is 0 Å². The lowest BCUT2D eigenvalue weighted by Gasteiger charge is -2.30. The summed E-state index contributed by atoms with van der Waals surface area (Å²) in [6, 6.07) is 8.64. The normalized spacial score (nSPS) is 14.3. The molecule has 186 valence electrons. The molecule has 0 amide bonds. The van der Waals surface area contributed by atoms with Crippen LogP contribution in [0.1, 0.15) is 41.7 Å². The average molecular weight is 493 g/mol. The maximum Gasteiger partial charge on any atom is 0.324 e. The fourth-order valence-corrected chi connectivity index (χ4v) is 5.16. The zero-order chi connectivity index (χ0) is 25.8. The van der Waals surface area contributed by atoms with Gasteiger partial charge < -0.3 is 14.9 Å². The van der Waals surface area contributed by atoms with Gasteiger partial charge in [0.1, 0.15) is 11.3 Å². The van der Waals surface area contributed by atoms with Crippen LogP contribution >= 0.6 is 0 Å². The van der Waals surface area contributed by atoms with Gasteiger partial charge in [0.2, 0.25) is 10.0 Å². The minimum atomic E-state index is -3.77. The second-order valence-electron chi connectivity index (χ2n) is 8.54. The topological polar surface area (TPSA) is 142 Å². The number of hydrogen-bond acceptors (Lipinski definition) is 6. The summed E-state index contributed by atoms with van der Waals surface area (Å²) in [7, 11) is -2.23. The predicted molar refractivity (Wildman–Crippen MR) is 127 cm³/mol. The molecule has 2 atom stereocenters. The van der Waals surface area contributed by atoms with Gasteiger partial charge in [-0.15, -0.1) is 0 Å². The number of methoxy groups -OCH3 is 1. The molecule has 0 saturated heterocycles. The lowest BCUT2D eigenvalue weighted by Crippen LogP contribution is -2.56. The van der Waals surface area contributed by atoms with Crippen molar-refractivity contribution >= 4 is 22.0 Å². The van der Waals surface area contributed by atoms with Crippen molar-refractivity contribution in [2.45, 2.75) is 58.1 Å². The van der Waals surface area contributed by atoms with Gasteiger partial charge in [-0.25, -0.2) is 13.1 Å². The number of aliphatic carboxylic acids is 2. The Morgan fingerprint density at radius 3 is 2.03 bits per heavy atom. The number of carboxylic acids is 2. The van der Waals surface area contributed by atoms with Crippen molar-refractivity contribution in [2.75, 3.05) is 7.11 Å². The molecular weight excluding hydrogens is 460 g/mol. The quantitative estimate of drug-likeness (QED) is 0.375. The van der Waals surface area contributed by atoms with Gasteiger partial charge in [-0.3, -0.25) is 14.9 Å². The third-order valence-electron chi connectivity index (χ3n) is 6.30. The first-order valence-electron chi connectivity index (χ1n) is 10.7. The molecule has 0 aliphatic rings. The second kappa shape index (κ2) is 10.5. The van der Waals surface area contributed by atoms with Crippen LogP contribution in [-0.2, 0) is 32.7 Å². The van der Waals surface area contributed by atoms with E-state index in [-0.39, 0.29) is 18.0 Å². The Morgan fingerprint density at radius 1 is 1.03 bits per heavy atom. The van der Waals surface area contributed by atoms with E-state index in [1.807, 2.05) is 6.92 Å². The monoisotopic (exact) mass is 492 g/mol. The molecular formula is C24H32N2O7S. The molecule has 2 aromatic rings. The number of nitrogens with one attached hydrogen (secondary N) is 2. The van der Waals surface area contributed by atoms with E-state index in [9.17, 15) is 28.2 Å². The summed E-state index contributed by atoms with van der Waals surface area (Å²) < 4.78 is 33.9. The molecule has 0 fully saturated rings. The molecule has 2 aromatic carbocycles. The lowest BCUT2D eigenvalue weighted by molar-refractivity contribution is -0.155. The number of sulfonamides is 1. The molecule has 0 aliphatic heterocycles. The van der Waals surface area contributed by atoms with E-state index in [1.165, 1.54) is 13.8 Å². The highest BCUT2D eigenvalue weighted by Gasteiger charge is 2.42. The summed E-state index contributed by atoms with van der Waals surface area (Å²) in [5.74, 6) is -2.98. The van der Waals surface area contributed by atoms with Crippen LogP contribution in [0.3, 0.4) is 0 Å². The summed E-state index contributed by atoms with van der Waals surface area (Å²) in [4.78, 5) is 23.2. The number of benzene rings is 2. The summed E-state index contributed by atoms with van der Waals surface area (Å²) >= 11 is 0. The predicted octanol–water partition coefficient (Wildman–Crippen LogP) is 2.75. The number of hydrogen-bond donors (Lipinski definition) is 4. The smallest absolute Gasteiger partial charge is 0.324 e.